The molecule has 0 aliphatic carbocycles. The Bertz CT molecular complexity index is 910. The molecule has 29 heavy (non-hydrogen) atoms. The molecule has 0 radical (unpaired) electrons. The van der Waals surface area contributed by atoms with Gasteiger partial charge in [-0.3, -0.25) is 0 Å². The zero-order chi connectivity index (χ0) is 19.2. The van der Waals surface area contributed by atoms with E-state index >= 15 is 0 Å². The van der Waals surface area contributed by atoms with Crippen molar-refractivity contribution < 1.29 is 17.1 Å². The van der Waals surface area contributed by atoms with Crippen molar-refractivity contribution in [3.05, 3.63) is 120 Å². The lowest BCUT2D eigenvalue weighted by Gasteiger charge is -2.27. The molecule has 0 atom stereocenters. The normalized spacial score (nSPS) is 10.8. The molecule has 0 bridgehead atoms. The van der Waals surface area contributed by atoms with E-state index < -0.39 is 7.26 Å². The fraction of sp³-hybridized carbons (Fsp3) is 0.0400. The summed E-state index contributed by atoms with van der Waals surface area (Å²) >= 11 is 6.04. The van der Waals surface area contributed by atoms with Crippen LogP contribution in [-0.2, 0) is 0 Å². The Morgan fingerprint density at radius 3 is 1.31 bits per heavy atom. The first-order valence-corrected chi connectivity index (χ1v) is 11.6. The van der Waals surface area contributed by atoms with Gasteiger partial charge in [0.25, 0.3) is 0 Å². The molecule has 4 aromatic rings. The second kappa shape index (κ2) is 9.94. The third kappa shape index (κ3) is 4.65. The average molecular weight is 439 g/mol. The second-order valence-corrected chi connectivity index (χ2v) is 10.4. The first-order valence-electron chi connectivity index (χ1n) is 9.22. The number of ether oxygens (including phenoxy) is 1. The van der Waals surface area contributed by atoms with Gasteiger partial charge in [0.2, 0.25) is 6.35 Å². The highest BCUT2D eigenvalue weighted by atomic mass is 35.5. The largest absolute Gasteiger partial charge is 1.00 e. The maximum absolute atomic E-state index is 6.38. The molecule has 0 unspecified atom stereocenters. The van der Waals surface area contributed by atoms with E-state index in [-0.39, 0.29) is 12.4 Å². The van der Waals surface area contributed by atoms with Crippen molar-refractivity contribution in [2.75, 3.05) is 6.35 Å². The number of benzene rings is 4. The molecule has 146 valence electrons. The van der Waals surface area contributed by atoms with Crippen LogP contribution in [0.25, 0.3) is 0 Å². The summed E-state index contributed by atoms with van der Waals surface area (Å²) < 4.78 is 6.38. The summed E-state index contributed by atoms with van der Waals surface area (Å²) in [5, 5.41) is 4.63. The first kappa shape index (κ1) is 21.4. The zero-order valence-electron chi connectivity index (χ0n) is 15.8. The van der Waals surface area contributed by atoms with Crippen molar-refractivity contribution in [2.24, 2.45) is 0 Å². The van der Waals surface area contributed by atoms with Gasteiger partial charge in [-0.25, -0.2) is 0 Å². The van der Waals surface area contributed by atoms with E-state index in [1.54, 1.807) is 0 Å². The summed E-state index contributed by atoms with van der Waals surface area (Å²) in [7, 11) is -1.99. The maximum atomic E-state index is 6.38. The van der Waals surface area contributed by atoms with Gasteiger partial charge in [-0.1, -0.05) is 66.2 Å². The summed E-state index contributed by atoms with van der Waals surface area (Å²) in [5.41, 5.74) is 0. The SMILES string of the molecule is Clc1ccc(OC[P+](c2ccccc2)(c2ccccc2)c2ccccc2)cc1.[Cl-]. The molecule has 0 spiro atoms. The summed E-state index contributed by atoms with van der Waals surface area (Å²) in [6.07, 6.45) is 0.590. The van der Waals surface area contributed by atoms with Crippen LogP contribution in [0.4, 0.5) is 0 Å². The van der Waals surface area contributed by atoms with E-state index in [4.69, 9.17) is 16.3 Å². The van der Waals surface area contributed by atoms with Crippen LogP contribution < -0.4 is 33.1 Å². The highest BCUT2D eigenvalue weighted by Gasteiger charge is 2.46. The van der Waals surface area contributed by atoms with Gasteiger partial charge in [-0.15, -0.1) is 0 Å². The van der Waals surface area contributed by atoms with Crippen molar-refractivity contribution in [2.45, 2.75) is 0 Å². The summed E-state index contributed by atoms with van der Waals surface area (Å²) in [6.45, 7) is 0. The van der Waals surface area contributed by atoms with Crippen LogP contribution in [0.3, 0.4) is 0 Å². The van der Waals surface area contributed by atoms with Gasteiger partial charge in [0, 0.05) is 5.02 Å². The Labute approximate surface area is 184 Å². The molecule has 0 saturated heterocycles. The van der Waals surface area contributed by atoms with E-state index in [1.165, 1.54) is 15.9 Å². The van der Waals surface area contributed by atoms with Crippen LogP contribution in [-0.4, -0.2) is 6.35 Å². The Balaban J connectivity index is 0.00000240. The lowest BCUT2D eigenvalue weighted by atomic mass is 10.3. The summed E-state index contributed by atoms with van der Waals surface area (Å²) in [4.78, 5) is 0. The lowest BCUT2D eigenvalue weighted by Crippen LogP contribution is -3.00. The predicted octanol–water partition coefficient (Wildman–Crippen LogP) is 2.67. The van der Waals surface area contributed by atoms with Gasteiger partial charge in [-0.2, -0.15) is 0 Å². The molecular formula is C25H21Cl2OP. The van der Waals surface area contributed by atoms with E-state index in [9.17, 15) is 0 Å². The summed E-state index contributed by atoms with van der Waals surface area (Å²) in [5.74, 6) is 0.830. The Hall–Kier alpha value is -2.31. The van der Waals surface area contributed by atoms with Crippen LogP contribution in [0, 0.1) is 0 Å². The zero-order valence-corrected chi connectivity index (χ0v) is 18.2. The fourth-order valence-electron chi connectivity index (χ4n) is 3.42. The summed E-state index contributed by atoms with van der Waals surface area (Å²) in [6, 6.07) is 39.8. The van der Waals surface area contributed by atoms with Gasteiger partial charge in [0.05, 0.1) is 0 Å². The molecular weight excluding hydrogens is 418 g/mol. The quantitative estimate of drug-likeness (QED) is 0.420. The number of hydrogen-bond donors (Lipinski definition) is 0. The molecule has 0 saturated carbocycles. The molecule has 0 amide bonds. The van der Waals surface area contributed by atoms with Crippen LogP contribution >= 0.6 is 18.9 Å². The van der Waals surface area contributed by atoms with Gasteiger partial charge < -0.3 is 17.1 Å². The van der Waals surface area contributed by atoms with Gasteiger partial charge in [-0.05, 0) is 60.7 Å². The third-order valence-corrected chi connectivity index (χ3v) is 9.14. The van der Waals surface area contributed by atoms with E-state index in [2.05, 4.69) is 91.0 Å². The minimum atomic E-state index is -1.99. The van der Waals surface area contributed by atoms with Gasteiger partial charge in [0.15, 0.2) is 7.26 Å². The van der Waals surface area contributed by atoms with Crippen molar-refractivity contribution in [1.82, 2.24) is 0 Å². The van der Waals surface area contributed by atoms with Gasteiger partial charge >= 0.3 is 0 Å². The number of halogens is 2. The Morgan fingerprint density at radius 2 is 0.931 bits per heavy atom. The highest BCUT2D eigenvalue weighted by molar-refractivity contribution is 7.95. The molecule has 4 aromatic carbocycles. The molecule has 4 rings (SSSR count). The molecule has 0 N–H and O–H groups in total. The smallest absolute Gasteiger partial charge is 0.210 e. The van der Waals surface area contributed by atoms with Crippen LogP contribution in [0.15, 0.2) is 115 Å². The molecule has 0 aliphatic rings. The van der Waals surface area contributed by atoms with Gasteiger partial charge in [0.1, 0.15) is 21.7 Å². The molecule has 0 aliphatic heterocycles. The topological polar surface area (TPSA) is 9.23 Å². The average Bonchev–Trinajstić information content (AvgIpc) is 2.78. The Morgan fingerprint density at radius 1 is 0.552 bits per heavy atom. The lowest BCUT2D eigenvalue weighted by molar-refractivity contribution is -0.00000563. The van der Waals surface area contributed by atoms with E-state index in [0.29, 0.717) is 11.4 Å². The predicted molar refractivity (Wildman–Crippen MR) is 122 cm³/mol. The van der Waals surface area contributed by atoms with Crippen molar-refractivity contribution in [3.8, 4) is 5.75 Å². The monoisotopic (exact) mass is 438 g/mol. The van der Waals surface area contributed by atoms with Crippen LogP contribution in [0.2, 0.25) is 5.02 Å². The maximum Gasteiger partial charge on any atom is 0.210 e. The van der Waals surface area contributed by atoms with Crippen LogP contribution in [0.5, 0.6) is 5.75 Å². The van der Waals surface area contributed by atoms with Crippen molar-refractivity contribution in [1.29, 1.82) is 0 Å². The number of hydrogen-bond acceptors (Lipinski definition) is 1. The van der Waals surface area contributed by atoms with E-state index in [1.807, 2.05) is 24.3 Å². The molecule has 4 heteroatoms. The highest BCUT2D eigenvalue weighted by Crippen LogP contribution is 2.55. The number of rotatable bonds is 6. The Kier molecular flexibility index (Phi) is 7.34. The second-order valence-electron chi connectivity index (χ2n) is 6.54. The molecule has 1 nitrogen and oxygen atoms in total. The standard InChI is InChI=1S/C25H21ClOP.ClH/c26-21-16-18-22(19-17-21)27-20-28(23-10-4-1-5-11-23,24-12-6-2-7-13-24)25-14-8-3-9-15-25;/h1-19H,20H2;1H/q+1;/p-1. The molecule has 0 heterocycles. The van der Waals surface area contributed by atoms with Crippen molar-refractivity contribution >= 4 is 34.8 Å². The third-order valence-electron chi connectivity index (χ3n) is 4.83. The molecule has 0 fully saturated rings. The van der Waals surface area contributed by atoms with Crippen LogP contribution in [0.1, 0.15) is 0 Å². The first-order chi connectivity index (χ1) is 13.8. The fourth-order valence-corrected chi connectivity index (χ4v) is 7.27. The minimum absolute atomic E-state index is 0. The van der Waals surface area contributed by atoms with Crippen molar-refractivity contribution in [3.63, 3.8) is 0 Å². The molecule has 0 aromatic heterocycles. The minimum Gasteiger partial charge on any atom is -1.00 e. The van der Waals surface area contributed by atoms with E-state index in [0.717, 1.165) is 5.75 Å².